The Labute approximate surface area is 192 Å². The van der Waals surface area contributed by atoms with E-state index in [0.717, 1.165) is 82.8 Å². The van der Waals surface area contributed by atoms with Crippen molar-refractivity contribution in [3.8, 4) is 11.8 Å². The number of hydrogen-bond donors (Lipinski definition) is 0. The molecule has 3 rings (SSSR count). The third kappa shape index (κ3) is 8.01. The van der Waals surface area contributed by atoms with E-state index in [1.807, 2.05) is 11.6 Å². The Morgan fingerprint density at radius 1 is 1.16 bits per heavy atom. The maximum absolute atomic E-state index is 13.5. The smallest absolute Gasteiger partial charge is 0.248 e. The molecule has 2 heterocycles. The first kappa shape index (κ1) is 24.9. The van der Waals surface area contributed by atoms with Crippen LogP contribution < -0.4 is 0 Å². The molecule has 0 saturated heterocycles. The van der Waals surface area contributed by atoms with E-state index >= 15 is 0 Å². The van der Waals surface area contributed by atoms with Gasteiger partial charge in [0.1, 0.15) is 0 Å². The molecule has 1 aromatic heterocycles. The fourth-order valence-corrected chi connectivity index (χ4v) is 4.62. The van der Waals surface area contributed by atoms with Gasteiger partial charge in [0, 0.05) is 64.0 Å². The van der Waals surface area contributed by atoms with Crippen LogP contribution in [-0.2, 0) is 11.2 Å². The van der Waals surface area contributed by atoms with Crippen molar-refractivity contribution in [2.24, 2.45) is 0 Å². The fraction of sp³-hybridized carbons (Fsp3) is 0.731. The van der Waals surface area contributed by atoms with Crippen molar-refractivity contribution in [1.29, 1.82) is 0 Å². The standard InChI is InChI=1S/C26H39F2N3O/c1-3-18-32-19-7-5-4-6-15-30-16-8-9-23(12-17-30)21-24-20-22(2)31(29-24)25-10-13-26(27,28)14-11-25/h9,20,25H,3,6-8,10-19,21H2,1-2H3. The molecule has 0 spiro atoms. The van der Waals surface area contributed by atoms with E-state index in [-0.39, 0.29) is 18.9 Å². The zero-order chi connectivity index (χ0) is 22.8. The maximum atomic E-state index is 13.5. The quantitative estimate of drug-likeness (QED) is 0.276. The first-order valence-electron chi connectivity index (χ1n) is 12.3. The lowest BCUT2D eigenvalue weighted by Gasteiger charge is -2.29. The van der Waals surface area contributed by atoms with Gasteiger partial charge in [-0.1, -0.05) is 18.6 Å². The Hall–Kier alpha value is -1.71. The molecule has 0 aromatic carbocycles. The molecule has 0 atom stereocenters. The lowest BCUT2D eigenvalue weighted by atomic mass is 9.92. The SMILES string of the molecule is CCCOCCC#CCCN1CCC=C(Cc2cc(C)n(C3CCC(F)(F)CC3)n2)CC1. The number of rotatable bonds is 9. The van der Waals surface area contributed by atoms with Gasteiger partial charge in [0.2, 0.25) is 5.92 Å². The molecule has 0 N–H and O–H groups in total. The van der Waals surface area contributed by atoms with Crippen LogP contribution in [0.25, 0.3) is 0 Å². The lowest BCUT2D eigenvalue weighted by Crippen LogP contribution is -2.27. The summed E-state index contributed by atoms with van der Waals surface area (Å²) in [5, 5.41) is 4.81. The highest BCUT2D eigenvalue weighted by atomic mass is 19.3. The van der Waals surface area contributed by atoms with Crippen LogP contribution in [0, 0.1) is 18.8 Å². The van der Waals surface area contributed by atoms with E-state index in [1.54, 1.807) is 0 Å². The summed E-state index contributed by atoms with van der Waals surface area (Å²) in [5.41, 5.74) is 3.59. The van der Waals surface area contributed by atoms with Gasteiger partial charge in [0.05, 0.1) is 18.3 Å². The summed E-state index contributed by atoms with van der Waals surface area (Å²) < 4.78 is 34.4. The topological polar surface area (TPSA) is 30.3 Å². The second-order valence-corrected chi connectivity index (χ2v) is 9.19. The molecular formula is C26H39F2N3O. The van der Waals surface area contributed by atoms with E-state index in [2.05, 4.69) is 35.8 Å². The van der Waals surface area contributed by atoms with Crippen LogP contribution in [0.4, 0.5) is 8.78 Å². The molecule has 4 nitrogen and oxygen atoms in total. The van der Waals surface area contributed by atoms with Crippen molar-refractivity contribution < 1.29 is 13.5 Å². The van der Waals surface area contributed by atoms with E-state index < -0.39 is 5.92 Å². The number of ether oxygens (including phenoxy) is 1. The zero-order valence-corrected chi connectivity index (χ0v) is 19.8. The minimum Gasteiger partial charge on any atom is -0.380 e. The van der Waals surface area contributed by atoms with Crippen LogP contribution in [0.5, 0.6) is 0 Å². The van der Waals surface area contributed by atoms with Crippen LogP contribution >= 0.6 is 0 Å². The van der Waals surface area contributed by atoms with Crippen molar-refractivity contribution >= 4 is 0 Å². The molecule has 0 bridgehead atoms. The molecule has 32 heavy (non-hydrogen) atoms. The normalized spacial score (nSPS) is 19.8. The third-order valence-electron chi connectivity index (χ3n) is 6.44. The molecular weight excluding hydrogens is 408 g/mol. The highest BCUT2D eigenvalue weighted by Crippen LogP contribution is 2.38. The maximum Gasteiger partial charge on any atom is 0.248 e. The Kier molecular flexibility index (Phi) is 9.74. The summed E-state index contributed by atoms with van der Waals surface area (Å²) in [4.78, 5) is 2.50. The van der Waals surface area contributed by atoms with E-state index in [0.29, 0.717) is 12.8 Å². The van der Waals surface area contributed by atoms with Crippen molar-refractivity contribution in [2.45, 2.75) is 90.0 Å². The summed E-state index contributed by atoms with van der Waals surface area (Å²) in [6.07, 6.45) is 9.12. The predicted octanol–water partition coefficient (Wildman–Crippen LogP) is 5.72. The van der Waals surface area contributed by atoms with Gasteiger partial charge in [-0.2, -0.15) is 5.10 Å². The Morgan fingerprint density at radius 3 is 2.72 bits per heavy atom. The minimum atomic E-state index is -2.49. The van der Waals surface area contributed by atoms with Gasteiger partial charge in [0.15, 0.2) is 0 Å². The van der Waals surface area contributed by atoms with Crippen LogP contribution in [0.3, 0.4) is 0 Å². The van der Waals surface area contributed by atoms with Gasteiger partial charge < -0.3 is 9.64 Å². The Morgan fingerprint density at radius 2 is 1.94 bits per heavy atom. The van der Waals surface area contributed by atoms with Gasteiger partial charge in [-0.05, 0) is 45.1 Å². The van der Waals surface area contributed by atoms with E-state index in [4.69, 9.17) is 9.84 Å². The molecule has 1 fully saturated rings. The summed E-state index contributed by atoms with van der Waals surface area (Å²) >= 11 is 0. The molecule has 0 radical (unpaired) electrons. The van der Waals surface area contributed by atoms with Gasteiger partial charge in [0.25, 0.3) is 0 Å². The van der Waals surface area contributed by atoms with Crippen molar-refractivity contribution in [1.82, 2.24) is 14.7 Å². The molecule has 0 unspecified atom stereocenters. The zero-order valence-electron chi connectivity index (χ0n) is 19.8. The summed E-state index contributed by atoms with van der Waals surface area (Å²) in [6.45, 7) is 8.88. The average molecular weight is 448 g/mol. The number of aryl methyl sites for hydroxylation is 1. The monoisotopic (exact) mass is 447 g/mol. The summed E-state index contributed by atoms with van der Waals surface area (Å²) in [5.74, 6) is 4.00. The molecule has 1 saturated carbocycles. The van der Waals surface area contributed by atoms with E-state index in [9.17, 15) is 8.78 Å². The highest BCUT2D eigenvalue weighted by Gasteiger charge is 2.36. The predicted molar refractivity (Wildman–Crippen MR) is 125 cm³/mol. The average Bonchev–Trinajstić information content (AvgIpc) is 2.98. The molecule has 1 aliphatic carbocycles. The van der Waals surface area contributed by atoms with Crippen LogP contribution in [0.2, 0.25) is 0 Å². The summed E-state index contributed by atoms with van der Waals surface area (Å²) in [6, 6.07) is 2.25. The van der Waals surface area contributed by atoms with Crippen LogP contribution in [0.15, 0.2) is 17.7 Å². The molecule has 178 valence electrons. The molecule has 1 aliphatic heterocycles. The largest absolute Gasteiger partial charge is 0.380 e. The number of halogens is 2. The van der Waals surface area contributed by atoms with E-state index in [1.165, 1.54) is 5.57 Å². The second-order valence-electron chi connectivity index (χ2n) is 9.19. The van der Waals surface area contributed by atoms with Crippen LogP contribution in [-0.4, -0.2) is 53.5 Å². The fourth-order valence-electron chi connectivity index (χ4n) is 4.62. The van der Waals surface area contributed by atoms with Crippen molar-refractivity contribution in [3.05, 3.63) is 29.1 Å². The number of nitrogens with zero attached hydrogens (tertiary/aromatic N) is 3. The number of aromatic nitrogens is 2. The van der Waals surface area contributed by atoms with Gasteiger partial charge in [-0.15, -0.1) is 11.8 Å². The third-order valence-corrected chi connectivity index (χ3v) is 6.44. The van der Waals surface area contributed by atoms with Crippen molar-refractivity contribution in [2.75, 3.05) is 32.8 Å². The molecule has 0 amide bonds. The van der Waals surface area contributed by atoms with Crippen LogP contribution in [0.1, 0.15) is 82.1 Å². The second kappa shape index (κ2) is 12.5. The summed E-state index contributed by atoms with van der Waals surface area (Å²) in [7, 11) is 0. The molecule has 6 heteroatoms. The first-order chi connectivity index (χ1) is 15.5. The number of alkyl halides is 2. The highest BCUT2D eigenvalue weighted by molar-refractivity contribution is 5.19. The number of hydrogen-bond acceptors (Lipinski definition) is 3. The molecule has 1 aromatic rings. The lowest BCUT2D eigenvalue weighted by molar-refractivity contribution is -0.0451. The van der Waals surface area contributed by atoms with Crippen molar-refractivity contribution in [3.63, 3.8) is 0 Å². The Bertz CT molecular complexity index is 796. The van der Waals surface area contributed by atoms with Gasteiger partial charge in [-0.25, -0.2) is 8.78 Å². The first-order valence-corrected chi connectivity index (χ1v) is 12.3. The van der Waals surface area contributed by atoms with Gasteiger partial charge >= 0.3 is 0 Å². The van der Waals surface area contributed by atoms with Gasteiger partial charge in [-0.3, -0.25) is 4.68 Å². The minimum absolute atomic E-state index is 0.0235. The Balaban J connectivity index is 1.41. The molecule has 2 aliphatic rings.